The predicted molar refractivity (Wildman–Crippen MR) is 130 cm³/mol. The van der Waals surface area contributed by atoms with Gasteiger partial charge in [-0.3, -0.25) is 4.98 Å². The third kappa shape index (κ3) is 5.36. The topological polar surface area (TPSA) is 101 Å². The van der Waals surface area contributed by atoms with Crippen LogP contribution >= 0.6 is 0 Å². The average Bonchev–Trinajstić information content (AvgIpc) is 3.62. The Bertz CT molecular complexity index is 1370. The first kappa shape index (κ1) is 22.7. The summed E-state index contributed by atoms with van der Waals surface area (Å²) in [5, 5.41) is 8.82. The Hall–Kier alpha value is -5.05. The lowest BCUT2D eigenvalue weighted by Crippen LogP contribution is -2.10. The molecular weight excluding hydrogens is 458 g/mol. The minimum Gasteiger partial charge on any atom is -0.455 e. The van der Waals surface area contributed by atoms with Gasteiger partial charge >= 0.3 is 11.9 Å². The molecule has 0 unspecified atom stereocenters. The lowest BCUT2D eigenvalue weighted by molar-refractivity contribution is 0.0464. The second-order valence-corrected chi connectivity index (χ2v) is 7.79. The number of ether oxygens (including phenoxy) is 2. The SMILES string of the molecule is O=C(OCc1ccn(-c2ccccc2)n1)c1cncc(C(=O)OCc2ccn(-c3ccccc3)n2)c1. The molecule has 9 nitrogen and oxygen atoms in total. The lowest BCUT2D eigenvalue weighted by atomic mass is 10.2. The first-order valence-corrected chi connectivity index (χ1v) is 11.1. The zero-order valence-corrected chi connectivity index (χ0v) is 19.1. The van der Waals surface area contributed by atoms with Gasteiger partial charge in [-0.05, 0) is 42.5 Å². The molecule has 2 aromatic carbocycles. The molecule has 0 N–H and O–H groups in total. The minimum absolute atomic E-state index is 0.0165. The Morgan fingerprint density at radius 3 is 1.53 bits per heavy atom. The van der Waals surface area contributed by atoms with Gasteiger partial charge in [0, 0.05) is 24.8 Å². The van der Waals surface area contributed by atoms with Gasteiger partial charge in [-0.15, -0.1) is 0 Å². The molecule has 0 radical (unpaired) electrons. The van der Waals surface area contributed by atoms with Crippen LogP contribution in [0.3, 0.4) is 0 Å². The number of esters is 2. The van der Waals surface area contributed by atoms with Crippen LogP contribution in [0, 0.1) is 0 Å². The zero-order chi connectivity index (χ0) is 24.7. The van der Waals surface area contributed by atoms with E-state index in [2.05, 4.69) is 15.2 Å². The summed E-state index contributed by atoms with van der Waals surface area (Å²) < 4.78 is 14.1. The fourth-order valence-corrected chi connectivity index (χ4v) is 3.44. The summed E-state index contributed by atoms with van der Waals surface area (Å²) in [6.45, 7) is -0.0329. The largest absolute Gasteiger partial charge is 0.455 e. The highest BCUT2D eigenvalue weighted by Gasteiger charge is 2.15. The Kier molecular flexibility index (Phi) is 6.61. The molecule has 9 heteroatoms. The Labute approximate surface area is 206 Å². The number of hydrogen-bond donors (Lipinski definition) is 0. The fourth-order valence-electron chi connectivity index (χ4n) is 3.44. The molecule has 0 aliphatic heterocycles. The molecule has 36 heavy (non-hydrogen) atoms. The molecule has 0 aliphatic carbocycles. The summed E-state index contributed by atoms with van der Waals surface area (Å²) in [6, 6.07) is 24.1. The average molecular weight is 479 g/mol. The smallest absolute Gasteiger partial charge is 0.340 e. The van der Waals surface area contributed by atoms with Crippen molar-refractivity contribution in [3.05, 3.63) is 126 Å². The van der Waals surface area contributed by atoms with Crippen LogP contribution < -0.4 is 0 Å². The van der Waals surface area contributed by atoms with Crippen LogP contribution in [0.25, 0.3) is 11.4 Å². The van der Waals surface area contributed by atoms with Crippen molar-refractivity contribution in [1.82, 2.24) is 24.5 Å². The van der Waals surface area contributed by atoms with Crippen molar-refractivity contribution in [2.24, 2.45) is 0 Å². The molecule has 0 atom stereocenters. The van der Waals surface area contributed by atoms with Gasteiger partial charge in [0.25, 0.3) is 0 Å². The number of nitrogens with zero attached hydrogens (tertiary/aromatic N) is 5. The highest BCUT2D eigenvalue weighted by atomic mass is 16.5. The van der Waals surface area contributed by atoms with E-state index in [-0.39, 0.29) is 24.3 Å². The molecule has 0 spiro atoms. The van der Waals surface area contributed by atoms with Gasteiger partial charge in [-0.2, -0.15) is 10.2 Å². The number of aromatic nitrogens is 5. The van der Waals surface area contributed by atoms with Crippen molar-refractivity contribution in [2.45, 2.75) is 13.2 Å². The number of benzene rings is 2. The number of hydrogen-bond acceptors (Lipinski definition) is 7. The normalized spacial score (nSPS) is 10.7. The molecule has 5 rings (SSSR count). The van der Waals surface area contributed by atoms with Crippen LogP contribution in [-0.4, -0.2) is 36.5 Å². The van der Waals surface area contributed by atoms with Crippen molar-refractivity contribution in [2.75, 3.05) is 0 Å². The van der Waals surface area contributed by atoms with E-state index in [4.69, 9.17) is 9.47 Å². The Morgan fingerprint density at radius 1 is 0.639 bits per heavy atom. The summed E-state index contributed by atoms with van der Waals surface area (Å²) in [5.41, 5.74) is 3.26. The maximum Gasteiger partial charge on any atom is 0.340 e. The summed E-state index contributed by atoms with van der Waals surface area (Å²) in [5.74, 6) is -1.24. The molecule has 0 amide bonds. The van der Waals surface area contributed by atoms with E-state index in [1.54, 1.807) is 33.9 Å². The molecule has 3 heterocycles. The monoisotopic (exact) mass is 479 g/mol. The third-order valence-electron chi connectivity index (χ3n) is 5.24. The number of rotatable bonds is 8. The number of carbonyl (C=O) groups excluding carboxylic acids is 2. The van der Waals surface area contributed by atoms with E-state index in [0.717, 1.165) is 11.4 Å². The van der Waals surface area contributed by atoms with E-state index in [1.807, 2.05) is 60.7 Å². The zero-order valence-electron chi connectivity index (χ0n) is 19.1. The van der Waals surface area contributed by atoms with Crippen LogP contribution in [0.1, 0.15) is 32.1 Å². The van der Waals surface area contributed by atoms with Gasteiger partial charge < -0.3 is 9.47 Å². The molecule has 178 valence electrons. The van der Waals surface area contributed by atoms with Crippen LogP contribution in [0.4, 0.5) is 0 Å². The lowest BCUT2D eigenvalue weighted by Gasteiger charge is -2.06. The van der Waals surface area contributed by atoms with Crippen molar-refractivity contribution >= 4 is 11.9 Å². The van der Waals surface area contributed by atoms with Crippen LogP contribution in [-0.2, 0) is 22.7 Å². The maximum absolute atomic E-state index is 12.5. The minimum atomic E-state index is -0.618. The maximum atomic E-state index is 12.5. The highest BCUT2D eigenvalue weighted by molar-refractivity contribution is 5.94. The fraction of sp³-hybridized carbons (Fsp3) is 0.0741. The molecule has 0 aliphatic rings. The first-order valence-electron chi connectivity index (χ1n) is 11.1. The van der Waals surface area contributed by atoms with E-state index in [0.29, 0.717) is 11.4 Å². The van der Waals surface area contributed by atoms with E-state index in [1.165, 1.54) is 18.5 Å². The van der Waals surface area contributed by atoms with Crippen molar-refractivity contribution < 1.29 is 19.1 Å². The van der Waals surface area contributed by atoms with Crippen molar-refractivity contribution in [3.8, 4) is 11.4 Å². The van der Waals surface area contributed by atoms with Crippen molar-refractivity contribution in [1.29, 1.82) is 0 Å². The number of pyridine rings is 1. The number of carbonyl (C=O) groups is 2. The third-order valence-corrected chi connectivity index (χ3v) is 5.24. The molecule has 3 aromatic heterocycles. The summed E-state index contributed by atoms with van der Waals surface area (Å²) in [4.78, 5) is 29.0. The van der Waals surface area contributed by atoms with Gasteiger partial charge in [0.1, 0.15) is 24.6 Å². The van der Waals surface area contributed by atoms with Gasteiger partial charge in [-0.25, -0.2) is 19.0 Å². The van der Waals surface area contributed by atoms with Gasteiger partial charge in [-0.1, -0.05) is 36.4 Å². The Balaban J connectivity index is 1.16. The van der Waals surface area contributed by atoms with Crippen molar-refractivity contribution in [3.63, 3.8) is 0 Å². The molecular formula is C27H21N5O4. The second kappa shape index (κ2) is 10.5. The van der Waals surface area contributed by atoms with E-state index >= 15 is 0 Å². The first-order chi connectivity index (χ1) is 17.7. The quantitative estimate of drug-likeness (QED) is 0.308. The van der Waals surface area contributed by atoms with Crippen LogP contribution in [0.15, 0.2) is 104 Å². The molecule has 0 saturated heterocycles. The molecule has 0 saturated carbocycles. The van der Waals surface area contributed by atoms with E-state index < -0.39 is 11.9 Å². The number of para-hydroxylation sites is 2. The van der Waals surface area contributed by atoms with Gasteiger partial charge in [0.05, 0.1) is 22.5 Å². The summed E-state index contributed by atoms with van der Waals surface area (Å²) in [6.07, 6.45) is 6.26. The van der Waals surface area contributed by atoms with E-state index in [9.17, 15) is 9.59 Å². The highest BCUT2D eigenvalue weighted by Crippen LogP contribution is 2.12. The molecule has 0 bridgehead atoms. The van der Waals surface area contributed by atoms with Crippen LogP contribution in [0.5, 0.6) is 0 Å². The molecule has 5 aromatic rings. The molecule has 0 fully saturated rings. The Morgan fingerprint density at radius 2 is 1.08 bits per heavy atom. The summed E-state index contributed by atoms with van der Waals surface area (Å²) in [7, 11) is 0. The van der Waals surface area contributed by atoms with Gasteiger partial charge in [0.2, 0.25) is 0 Å². The standard InChI is InChI=1S/C27H21N5O4/c33-26(35-18-22-11-13-31(29-22)24-7-3-1-4-8-24)20-15-21(17-28-16-20)27(34)36-19-23-12-14-32(30-23)25-9-5-2-6-10-25/h1-17H,18-19H2. The van der Waals surface area contributed by atoms with Gasteiger partial charge in [0.15, 0.2) is 0 Å². The predicted octanol–water partition coefficient (Wildman–Crippen LogP) is 4.17. The van der Waals surface area contributed by atoms with Crippen LogP contribution in [0.2, 0.25) is 0 Å². The summed E-state index contributed by atoms with van der Waals surface area (Å²) >= 11 is 0. The second-order valence-electron chi connectivity index (χ2n) is 7.79.